The lowest BCUT2D eigenvalue weighted by Gasteiger charge is -2.09. The quantitative estimate of drug-likeness (QED) is 0.220. The molecule has 0 nitrogen and oxygen atoms in total. The SMILES string of the molecule is CCCCCCCCCCCCCCC(S)CCCC. The molecule has 0 aromatic heterocycles. The first-order chi connectivity index (χ1) is 9.81. The lowest BCUT2D eigenvalue weighted by molar-refractivity contribution is 0.532. The van der Waals surface area contributed by atoms with Gasteiger partial charge in [0, 0.05) is 5.25 Å². The van der Waals surface area contributed by atoms with Gasteiger partial charge in [0.2, 0.25) is 0 Å². The standard InChI is InChI=1S/C19H40S/c1-3-5-7-8-9-10-11-12-13-14-15-16-18-19(20)17-6-4-2/h19-20H,3-18H2,1-2H3. The summed E-state index contributed by atoms with van der Waals surface area (Å²) in [6.07, 6.45) is 22.7. The lowest BCUT2D eigenvalue weighted by Crippen LogP contribution is -1.98. The molecule has 1 unspecified atom stereocenters. The first-order valence-electron chi connectivity index (χ1n) is 9.49. The molecule has 0 spiro atoms. The smallest absolute Gasteiger partial charge is 0.00168 e. The van der Waals surface area contributed by atoms with Crippen LogP contribution in [0.15, 0.2) is 0 Å². The Balaban J connectivity index is 3.02. The van der Waals surface area contributed by atoms with Crippen molar-refractivity contribution in [2.45, 2.75) is 122 Å². The summed E-state index contributed by atoms with van der Waals surface area (Å²) >= 11 is 4.67. The predicted octanol–water partition coefficient (Wildman–Crippen LogP) is 7.57. The summed E-state index contributed by atoms with van der Waals surface area (Å²) in [6.45, 7) is 4.56. The average Bonchev–Trinajstić information content (AvgIpc) is 2.46. The van der Waals surface area contributed by atoms with Crippen molar-refractivity contribution in [1.29, 1.82) is 0 Å². The topological polar surface area (TPSA) is 0 Å². The molecule has 0 fully saturated rings. The van der Waals surface area contributed by atoms with Gasteiger partial charge >= 0.3 is 0 Å². The molecule has 0 heterocycles. The van der Waals surface area contributed by atoms with E-state index in [1.807, 2.05) is 0 Å². The van der Waals surface area contributed by atoms with Crippen molar-refractivity contribution in [2.75, 3.05) is 0 Å². The third-order valence-electron chi connectivity index (χ3n) is 4.28. The van der Waals surface area contributed by atoms with Gasteiger partial charge in [-0.1, -0.05) is 104 Å². The highest BCUT2D eigenvalue weighted by atomic mass is 32.1. The number of unbranched alkanes of at least 4 members (excludes halogenated alkanes) is 12. The Bertz CT molecular complexity index is 167. The molecule has 1 heteroatoms. The van der Waals surface area contributed by atoms with Gasteiger partial charge < -0.3 is 0 Å². The molecule has 20 heavy (non-hydrogen) atoms. The van der Waals surface area contributed by atoms with Gasteiger partial charge in [0.15, 0.2) is 0 Å². The molecule has 0 saturated carbocycles. The highest BCUT2D eigenvalue weighted by Gasteiger charge is 2.01. The lowest BCUT2D eigenvalue weighted by atomic mass is 10.0. The second kappa shape index (κ2) is 17.4. The van der Waals surface area contributed by atoms with Crippen LogP contribution in [-0.2, 0) is 0 Å². The van der Waals surface area contributed by atoms with Crippen LogP contribution in [0.4, 0.5) is 0 Å². The van der Waals surface area contributed by atoms with Crippen LogP contribution < -0.4 is 0 Å². The van der Waals surface area contributed by atoms with E-state index >= 15 is 0 Å². The molecule has 0 rings (SSSR count). The van der Waals surface area contributed by atoms with E-state index < -0.39 is 0 Å². The Morgan fingerprint density at radius 1 is 0.500 bits per heavy atom. The third kappa shape index (κ3) is 16.4. The van der Waals surface area contributed by atoms with Crippen LogP contribution in [0.25, 0.3) is 0 Å². The minimum atomic E-state index is 0.665. The summed E-state index contributed by atoms with van der Waals surface area (Å²) < 4.78 is 0. The molecule has 0 amide bonds. The molecule has 0 radical (unpaired) electrons. The molecule has 0 aliphatic heterocycles. The number of hydrogen-bond acceptors (Lipinski definition) is 1. The van der Waals surface area contributed by atoms with Crippen molar-refractivity contribution < 1.29 is 0 Å². The predicted molar refractivity (Wildman–Crippen MR) is 98.0 cm³/mol. The van der Waals surface area contributed by atoms with E-state index in [0.29, 0.717) is 5.25 Å². The molecule has 1 atom stereocenters. The molecule has 0 aromatic rings. The van der Waals surface area contributed by atoms with Gasteiger partial charge in [-0.3, -0.25) is 0 Å². The van der Waals surface area contributed by atoms with E-state index in [0.717, 1.165) is 0 Å². The fraction of sp³-hybridized carbons (Fsp3) is 1.00. The Morgan fingerprint density at radius 3 is 1.30 bits per heavy atom. The number of rotatable bonds is 16. The van der Waals surface area contributed by atoms with Crippen molar-refractivity contribution in [2.24, 2.45) is 0 Å². The maximum Gasteiger partial charge on any atom is 0.00168 e. The minimum absolute atomic E-state index is 0.665. The van der Waals surface area contributed by atoms with Crippen LogP contribution in [0.1, 0.15) is 117 Å². The maximum absolute atomic E-state index is 4.67. The van der Waals surface area contributed by atoms with Crippen molar-refractivity contribution >= 4 is 12.6 Å². The summed E-state index contributed by atoms with van der Waals surface area (Å²) in [4.78, 5) is 0. The number of hydrogen-bond donors (Lipinski definition) is 1. The zero-order chi connectivity index (χ0) is 14.9. The Morgan fingerprint density at radius 2 is 0.850 bits per heavy atom. The van der Waals surface area contributed by atoms with Gasteiger partial charge in [0.05, 0.1) is 0 Å². The zero-order valence-corrected chi connectivity index (χ0v) is 15.2. The van der Waals surface area contributed by atoms with E-state index in [2.05, 4.69) is 26.5 Å². The monoisotopic (exact) mass is 300 g/mol. The zero-order valence-electron chi connectivity index (χ0n) is 14.3. The van der Waals surface area contributed by atoms with Crippen LogP contribution in [0.3, 0.4) is 0 Å². The maximum atomic E-state index is 4.67. The van der Waals surface area contributed by atoms with Gasteiger partial charge in [0.1, 0.15) is 0 Å². The van der Waals surface area contributed by atoms with E-state index in [9.17, 15) is 0 Å². The van der Waals surface area contributed by atoms with E-state index in [1.54, 1.807) is 0 Å². The summed E-state index contributed by atoms with van der Waals surface area (Å²) in [5.74, 6) is 0. The normalized spacial score (nSPS) is 12.8. The van der Waals surface area contributed by atoms with Crippen LogP contribution >= 0.6 is 12.6 Å². The molecular formula is C19H40S. The van der Waals surface area contributed by atoms with Gasteiger partial charge in [-0.25, -0.2) is 0 Å². The molecule has 0 aliphatic carbocycles. The first-order valence-corrected chi connectivity index (χ1v) is 10.0. The van der Waals surface area contributed by atoms with E-state index in [-0.39, 0.29) is 0 Å². The summed E-state index contributed by atoms with van der Waals surface area (Å²) in [5, 5.41) is 0.665. The Labute approximate surface area is 134 Å². The molecule has 122 valence electrons. The van der Waals surface area contributed by atoms with Crippen molar-refractivity contribution in [3.8, 4) is 0 Å². The molecule has 0 bridgehead atoms. The Kier molecular flexibility index (Phi) is 17.7. The Hall–Kier alpha value is 0.350. The summed E-state index contributed by atoms with van der Waals surface area (Å²) in [5.41, 5.74) is 0. The second-order valence-corrected chi connectivity index (χ2v) is 7.20. The van der Waals surface area contributed by atoms with E-state index in [1.165, 1.54) is 103 Å². The number of thiol groups is 1. The summed E-state index contributed by atoms with van der Waals surface area (Å²) in [7, 11) is 0. The summed E-state index contributed by atoms with van der Waals surface area (Å²) in [6, 6.07) is 0. The van der Waals surface area contributed by atoms with Crippen LogP contribution in [-0.4, -0.2) is 5.25 Å². The van der Waals surface area contributed by atoms with Crippen molar-refractivity contribution in [1.82, 2.24) is 0 Å². The fourth-order valence-corrected chi connectivity index (χ4v) is 3.17. The molecule has 0 aromatic carbocycles. The van der Waals surface area contributed by atoms with Gasteiger partial charge in [0.25, 0.3) is 0 Å². The van der Waals surface area contributed by atoms with Gasteiger partial charge in [-0.05, 0) is 12.8 Å². The van der Waals surface area contributed by atoms with Crippen LogP contribution in [0, 0.1) is 0 Å². The van der Waals surface area contributed by atoms with Crippen LogP contribution in [0.2, 0.25) is 0 Å². The fourth-order valence-electron chi connectivity index (χ4n) is 2.81. The highest BCUT2D eigenvalue weighted by Crippen LogP contribution is 2.16. The average molecular weight is 301 g/mol. The first kappa shape index (κ1) is 20.3. The molecule has 0 saturated heterocycles. The van der Waals surface area contributed by atoms with E-state index in [4.69, 9.17) is 0 Å². The molecular weight excluding hydrogens is 260 g/mol. The van der Waals surface area contributed by atoms with Crippen molar-refractivity contribution in [3.05, 3.63) is 0 Å². The molecule has 0 aliphatic rings. The largest absolute Gasteiger partial charge is 0.176 e. The van der Waals surface area contributed by atoms with Crippen molar-refractivity contribution in [3.63, 3.8) is 0 Å². The van der Waals surface area contributed by atoms with Crippen LogP contribution in [0.5, 0.6) is 0 Å². The molecule has 0 N–H and O–H groups in total. The second-order valence-electron chi connectivity index (χ2n) is 6.47. The van der Waals surface area contributed by atoms with Gasteiger partial charge in [-0.15, -0.1) is 0 Å². The third-order valence-corrected chi connectivity index (χ3v) is 4.80. The minimum Gasteiger partial charge on any atom is -0.176 e. The van der Waals surface area contributed by atoms with Gasteiger partial charge in [-0.2, -0.15) is 12.6 Å². The highest BCUT2D eigenvalue weighted by molar-refractivity contribution is 7.80.